The predicted molar refractivity (Wildman–Crippen MR) is 136 cm³/mol. The van der Waals surface area contributed by atoms with Crippen LogP contribution < -0.4 is 16.3 Å². The molecule has 36 heavy (non-hydrogen) atoms. The van der Waals surface area contributed by atoms with E-state index in [0.29, 0.717) is 35.6 Å². The van der Waals surface area contributed by atoms with E-state index >= 15 is 0 Å². The highest BCUT2D eigenvalue weighted by Gasteiger charge is 2.40. The van der Waals surface area contributed by atoms with Crippen LogP contribution in [0.3, 0.4) is 0 Å². The van der Waals surface area contributed by atoms with E-state index in [1.54, 1.807) is 19.4 Å². The number of carboxylic acid groups (broad SMARTS) is 1. The average molecular weight is 487 g/mol. The van der Waals surface area contributed by atoms with Gasteiger partial charge in [0.1, 0.15) is 5.76 Å². The Morgan fingerprint density at radius 2 is 1.78 bits per heavy atom. The average Bonchev–Trinajstić information content (AvgIpc) is 2.86. The molecule has 0 saturated heterocycles. The third kappa shape index (κ3) is 4.09. The number of aromatic nitrogens is 1. The Bertz CT molecular complexity index is 1530. The maximum atomic E-state index is 13.8. The highest BCUT2D eigenvalue weighted by atomic mass is 16.5. The number of methoxy groups -OCH3 is 1. The second-order valence-corrected chi connectivity index (χ2v) is 8.99. The van der Waals surface area contributed by atoms with Crippen LogP contribution in [-0.4, -0.2) is 29.5 Å². The second-order valence-electron chi connectivity index (χ2n) is 8.99. The quantitative estimate of drug-likeness (QED) is 0.396. The summed E-state index contributed by atoms with van der Waals surface area (Å²) in [5, 5.41) is 12.2. The molecule has 0 bridgehead atoms. The van der Waals surface area contributed by atoms with Crippen molar-refractivity contribution in [1.82, 2.24) is 9.88 Å². The maximum absolute atomic E-state index is 13.8. The third-order valence-electron chi connectivity index (χ3n) is 6.88. The van der Waals surface area contributed by atoms with Gasteiger partial charge in [0.05, 0.1) is 23.1 Å². The molecular formula is C28H26N2O6. The van der Waals surface area contributed by atoms with Gasteiger partial charge >= 0.3 is 6.09 Å². The van der Waals surface area contributed by atoms with Gasteiger partial charge in [0.2, 0.25) is 11.0 Å². The molecule has 0 aliphatic heterocycles. The minimum Gasteiger partial charge on any atom is -0.465 e. The van der Waals surface area contributed by atoms with E-state index in [1.807, 2.05) is 54.6 Å². The summed E-state index contributed by atoms with van der Waals surface area (Å²) in [6.45, 7) is 0.689. The molecule has 1 fully saturated rings. The number of carbonyl (C=O) groups is 1. The van der Waals surface area contributed by atoms with Crippen LogP contribution in [0.5, 0.6) is 0 Å². The lowest BCUT2D eigenvalue weighted by Crippen LogP contribution is -2.50. The van der Waals surface area contributed by atoms with Crippen LogP contribution in [0.25, 0.3) is 33.4 Å². The molecule has 0 atom stereocenters. The van der Waals surface area contributed by atoms with Gasteiger partial charge in [-0.3, -0.25) is 9.59 Å². The fourth-order valence-corrected chi connectivity index (χ4v) is 4.82. The van der Waals surface area contributed by atoms with Gasteiger partial charge in [-0.15, -0.1) is 0 Å². The lowest BCUT2D eigenvalue weighted by Gasteiger charge is -2.42. The molecule has 1 saturated carbocycles. The van der Waals surface area contributed by atoms with Crippen molar-refractivity contribution in [2.24, 2.45) is 0 Å². The molecule has 8 nitrogen and oxygen atoms in total. The summed E-state index contributed by atoms with van der Waals surface area (Å²) in [6.07, 6.45) is 2.91. The van der Waals surface area contributed by atoms with Crippen molar-refractivity contribution in [3.8, 4) is 22.5 Å². The first kappa shape index (κ1) is 23.6. The summed E-state index contributed by atoms with van der Waals surface area (Å²) in [5.74, 6) is 0.310. The first-order valence-corrected chi connectivity index (χ1v) is 11.8. The number of hydrogen-bond acceptors (Lipinski definition) is 5. The number of benzene rings is 2. The van der Waals surface area contributed by atoms with Gasteiger partial charge in [0.25, 0.3) is 5.56 Å². The molecule has 0 radical (unpaired) electrons. The smallest absolute Gasteiger partial charge is 0.405 e. The van der Waals surface area contributed by atoms with E-state index in [-0.39, 0.29) is 16.4 Å². The Kier molecular flexibility index (Phi) is 6.20. The molecular weight excluding hydrogens is 460 g/mol. The molecule has 2 aromatic heterocycles. The molecule has 5 rings (SSSR count). The van der Waals surface area contributed by atoms with Crippen LogP contribution in [0.15, 0.2) is 80.9 Å². The Morgan fingerprint density at radius 1 is 1.06 bits per heavy atom. The molecule has 1 aliphatic rings. The summed E-state index contributed by atoms with van der Waals surface area (Å²) in [5.41, 5.74) is 1.20. The van der Waals surface area contributed by atoms with Crippen molar-refractivity contribution >= 4 is 17.1 Å². The van der Waals surface area contributed by atoms with E-state index < -0.39 is 17.2 Å². The molecule has 1 amide bonds. The van der Waals surface area contributed by atoms with E-state index in [1.165, 1.54) is 4.57 Å². The number of rotatable bonds is 7. The van der Waals surface area contributed by atoms with Gasteiger partial charge in [-0.05, 0) is 36.5 Å². The van der Waals surface area contributed by atoms with Crippen molar-refractivity contribution in [1.29, 1.82) is 0 Å². The van der Waals surface area contributed by atoms with Crippen LogP contribution in [0.2, 0.25) is 0 Å². The highest BCUT2D eigenvalue weighted by molar-refractivity contribution is 5.88. The number of nitrogens with zero attached hydrogens (tertiary/aromatic N) is 1. The van der Waals surface area contributed by atoms with Gasteiger partial charge in [-0.1, -0.05) is 54.6 Å². The predicted octanol–water partition coefficient (Wildman–Crippen LogP) is 4.58. The molecule has 1 aliphatic carbocycles. The summed E-state index contributed by atoms with van der Waals surface area (Å²) >= 11 is 0. The lowest BCUT2D eigenvalue weighted by molar-refractivity contribution is 0.144. The molecule has 2 heterocycles. The van der Waals surface area contributed by atoms with E-state index in [9.17, 15) is 19.5 Å². The monoisotopic (exact) mass is 486 g/mol. The van der Waals surface area contributed by atoms with Crippen molar-refractivity contribution in [3.05, 3.63) is 93.0 Å². The number of ether oxygens (including phenoxy) is 1. The molecule has 2 aromatic carbocycles. The van der Waals surface area contributed by atoms with Crippen LogP contribution >= 0.6 is 0 Å². The second kappa shape index (κ2) is 9.47. The lowest BCUT2D eigenvalue weighted by atomic mass is 9.71. The van der Waals surface area contributed by atoms with Crippen molar-refractivity contribution in [2.75, 3.05) is 13.7 Å². The standard InChI is InChI=1S/C28H26N2O6/c1-35-17-16-30-15-12-21-23(31)22(24(36-25(21)26(30)32)19-6-3-2-4-7-19)18-8-10-20(11-9-18)28(13-5-14-28)29-27(33)34/h2-4,6-12,15,29H,5,13-14,16-17H2,1H3,(H,33,34). The van der Waals surface area contributed by atoms with Crippen LogP contribution in [0, 0.1) is 0 Å². The Labute approximate surface area is 206 Å². The van der Waals surface area contributed by atoms with E-state index in [4.69, 9.17) is 9.15 Å². The van der Waals surface area contributed by atoms with Crippen molar-refractivity contribution < 1.29 is 19.1 Å². The molecule has 0 spiro atoms. The number of fused-ring (bicyclic) bond motifs is 1. The SMILES string of the molecule is COCCn1ccc2c(=O)c(-c3ccc(C4(NC(=O)O)CCC4)cc3)c(-c3ccccc3)oc2c1=O. The number of nitrogens with one attached hydrogen (secondary N) is 1. The zero-order valence-corrected chi connectivity index (χ0v) is 19.8. The van der Waals surface area contributed by atoms with Gasteiger partial charge in [0.15, 0.2) is 0 Å². The van der Waals surface area contributed by atoms with E-state index in [2.05, 4.69) is 5.32 Å². The van der Waals surface area contributed by atoms with Crippen LogP contribution in [0.4, 0.5) is 4.79 Å². The van der Waals surface area contributed by atoms with Gasteiger partial charge in [0, 0.05) is 25.4 Å². The first-order chi connectivity index (χ1) is 17.4. The normalized spacial score (nSPS) is 14.4. The molecule has 4 aromatic rings. The van der Waals surface area contributed by atoms with Gasteiger partial charge < -0.3 is 24.1 Å². The fraction of sp³-hybridized carbons (Fsp3) is 0.250. The molecule has 2 N–H and O–H groups in total. The van der Waals surface area contributed by atoms with Gasteiger partial charge in [-0.2, -0.15) is 0 Å². The van der Waals surface area contributed by atoms with Crippen molar-refractivity contribution in [2.45, 2.75) is 31.3 Å². The van der Waals surface area contributed by atoms with Crippen molar-refractivity contribution in [3.63, 3.8) is 0 Å². The Balaban J connectivity index is 1.68. The molecule has 8 heteroatoms. The molecule has 184 valence electrons. The topological polar surface area (TPSA) is 111 Å². The van der Waals surface area contributed by atoms with Gasteiger partial charge in [-0.25, -0.2) is 4.79 Å². The number of amides is 1. The fourth-order valence-electron chi connectivity index (χ4n) is 4.82. The zero-order chi connectivity index (χ0) is 25.3. The zero-order valence-electron chi connectivity index (χ0n) is 19.8. The Morgan fingerprint density at radius 3 is 2.39 bits per heavy atom. The summed E-state index contributed by atoms with van der Waals surface area (Å²) in [4.78, 5) is 38.2. The van der Waals surface area contributed by atoms with E-state index in [0.717, 1.165) is 24.8 Å². The minimum atomic E-state index is -1.06. The molecule has 0 unspecified atom stereocenters. The summed E-state index contributed by atoms with van der Waals surface area (Å²) in [7, 11) is 1.56. The number of hydrogen-bond donors (Lipinski definition) is 2. The minimum absolute atomic E-state index is 0.00287. The summed E-state index contributed by atoms with van der Waals surface area (Å²) in [6, 6.07) is 18.1. The first-order valence-electron chi connectivity index (χ1n) is 11.8. The Hall–Kier alpha value is -4.17. The summed E-state index contributed by atoms with van der Waals surface area (Å²) < 4.78 is 12.7. The number of pyridine rings is 1. The van der Waals surface area contributed by atoms with Crippen LogP contribution in [-0.2, 0) is 16.8 Å². The largest absolute Gasteiger partial charge is 0.465 e. The highest BCUT2D eigenvalue weighted by Crippen LogP contribution is 2.42. The maximum Gasteiger partial charge on any atom is 0.405 e. The van der Waals surface area contributed by atoms with Crippen LogP contribution in [0.1, 0.15) is 24.8 Å². The third-order valence-corrected chi connectivity index (χ3v) is 6.88.